The summed E-state index contributed by atoms with van der Waals surface area (Å²) in [5.74, 6) is 0.623. The lowest BCUT2D eigenvalue weighted by Crippen LogP contribution is -2.45. The van der Waals surface area contributed by atoms with E-state index in [2.05, 4.69) is 25.5 Å². The molecular formula is C16H22N6O2. The summed E-state index contributed by atoms with van der Waals surface area (Å²) in [6.07, 6.45) is 5.76. The van der Waals surface area contributed by atoms with Crippen molar-refractivity contribution in [2.24, 2.45) is 0 Å². The Morgan fingerprint density at radius 2 is 2.29 bits per heavy atom. The first-order valence-electron chi connectivity index (χ1n) is 7.97. The number of amides is 1. The Morgan fingerprint density at radius 3 is 2.96 bits per heavy atom. The van der Waals surface area contributed by atoms with Crippen molar-refractivity contribution in [3.8, 4) is 0 Å². The molecule has 0 aliphatic carbocycles. The molecule has 0 radical (unpaired) electrons. The largest absolute Gasteiger partial charge is 0.386 e. The van der Waals surface area contributed by atoms with Crippen molar-refractivity contribution in [1.82, 2.24) is 25.5 Å². The fraction of sp³-hybridized carbons (Fsp3) is 0.500. The minimum absolute atomic E-state index is 0.117. The van der Waals surface area contributed by atoms with Crippen LogP contribution < -0.4 is 10.2 Å². The van der Waals surface area contributed by atoms with Gasteiger partial charge in [0.2, 0.25) is 5.91 Å². The molecule has 1 atom stereocenters. The SMILES string of the molecule is Cc1n[nH]c(C)c1CC(=O)NC[C@@]1(O)CCN(c2cnccn2)C1. The van der Waals surface area contributed by atoms with Crippen molar-refractivity contribution in [1.29, 1.82) is 0 Å². The first-order chi connectivity index (χ1) is 11.5. The second kappa shape index (κ2) is 6.56. The van der Waals surface area contributed by atoms with Crippen LogP contribution in [-0.2, 0) is 11.2 Å². The van der Waals surface area contributed by atoms with Crippen LogP contribution in [0.1, 0.15) is 23.4 Å². The maximum absolute atomic E-state index is 12.2. The lowest BCUT2D eigenvalue weighted by Gasteiger charge is -2.24. The topological polar surface area (TPSA) is 107 Å². The zero-order valence-electron chi connectivity index (χ0n) is 13.9. The number of nitrogens with zero attached hydrogens (tertiary/aromatic N) is 4. The highest BCUT2D eigenvalue weighted by Crippen LogP contribution is 2.24. The maximum Gasteiger partial charge on any atom is 0.224 e. The van der Waals surface area contributed by atoms with Crippen LogP contribution in [0, 0.1) is 13.8 Å². The van der Waals surface area contributed by atoms with E-state index in [1.165, 1.54) is 0 Å². The van der Waals surface area contributed by atoms with Crippen molar-refractivity contribution in [3.63, 3.8) is 0 Å². The molecule has 0 bridgehead atoms. The molecule has 8 nitrogen and oxygen atoms in total. The lowest BCUT2D eigenvalue weighted by atomic mass is 10.0. The van der Waals surface area contributed by atoms with Gasteiger partial charge in [0.05, 0.1) is 18.3 Å². The van der Waals surface area contributed by atoms with E-state index in [1.807, 2.05) is 18.7 Å². The van der Waals surface area contributed by atoms with Crippen LogP contribution in [0.25, 0.3) is 0 Å². The Hall–Kier alpha value is -2.48. The van der Waals surface area contributed by atoms with Crippen LogP contribution in [-0.4, -0.2) is 56.4 Å². The third-order valence-corrected chi connectivity index (χ3v) is 4.44. The Kier molecular flexibility index (Phi) is 4.48. The Bertz CT molecular complexity index is 697. The number of nitrogens with one attached hydrogen (secondary N) is 2. The minimum Gasteiger partial charge on any atom is -0.386 e. The van der Waals surface area contributed by atoms with Crippen LogP contribution in [0.2, 0.25) is 0 Å². The summed E-state index contributed by atoms with van der Waals surface area (Å²) < 4.78 is 0. The molecule has 128 valence electrons. The Labute approximate surface area is 140 Å². The van der Waals surface area contributed by atoms with Crippen molar-refractivity contribution >= 4 is 11.7 Å². The van der Waals surface area contributed by atoms with Gasteiger partial charge in [0, 0.05) is 43.3 Å². The van der Waals surface area contributed by atoms with E-state index < -0.39 is 5.60 Å². The highest BCUT2D eigenvalue weighted by Gasteiger charge is 2.37. The van der Waals surface area contributed by atoms with Crippen molar-refractivity contribution in [2.75, 3.05) is 24.5 Å². The van der Waals surface area contributed by atoms with Crippen LogP contribution in [0.3, 0.4) is 0 Å². The number of H-pyrrole nitrogens is 1. The summed E-state index contributed by atoms with van der Waals surface area (Å²) in [6, 6.07) is 0. The van der Waals surface area contributed by atoms with Gasteiger partial charge in [0.25, 0.3) is 0 Å². The zero-order valence-corrected chi connectivity index (χ0v) is 13.9. The lowest BCUT2D eigenvalue weighted by molar-refractivity contribution is -0.121. The van der Waals surface area contributed by atoms with Crippen LogP contribution in [0.5, 0.6) is 0 Å². The van der Waals surface area contributed by atoms with Gasteiger partial charge >= 0.3 is 0 Å². The molecule has 24 heavy (non-hydrogen) atoms. The number of hydrogen-bond donors (Lipinski definition) is 3. The average molecular weight is 330 g/mol. The number of aliphatic hydroxyl groups is 1. The molecule has 2 aromatic heterocycles. The second-order valence-corrected chi connectivity index (χ2v) is 6.33. The molecule has 2 aromatic rings. The van der Waals surface area contributed by atoms with E-state index >= 15 is 0 Å². The van der Waals surface area contributed by atoms with E-state index in [0.717, 1.165) is 22.8 Å². The number of anilines is 1. The molecule has 0 saturated carbocycles. The monoisotopic (exact) mass is 330 g/mol. The first kappa shape index (κ1) is 16.4. The molecule has 1 saturated heterocycles. The number of aromatic nitrogens is 4. The normalized spacial score (nSPS) is 20.4. The van der Waals surface area contributed by atoms with Gasteiger partial charge < -0.3 is 15.3 Å². The Balaban J connectivity index is 1.54. The van der Waals surface area contributed by atoms with Crippen LogP contribution >= 0.6 is 0 Å². The number of rotatable bonds is 5. The number of β-amino-alcohol motifs (C(OH)–C–C–N with tert-alkyl or cyclic N) is 1. The molecule has 3 N–H and O–H groups in total. The summed E-state index contributed by atoms with van der Waals surface area (Å²) in [5.41, 5.74) is 1.69. The molecule has 1 aliphatic rings. The van der Waals surface area contributed by atoms with E-state index in [0.29, 0.717) is 19.5 Å². The average Bonchev–Trinajstić information content (AvgIpc) is 3.12. The molecule has 1 fully saturated rings. The Morgan fingerprint density at radius 1 is 1.46 bits per heavy atom. The highest BCUT2D eigenvalue weighted by atomic mass is 16.3. The van der Waals surface area contributed by atoms with Gasteiger partial charge in [-0.15, -0.1) is 0 Å². The number of aromatic amines is 1. The molecule has 3 rings (SSSR count). The summed E-state index contributed by atoms with van der Waals surface area (Å²) >= 11 is 0. The first-order valence-corrected chi connectivity index (χ1v) is 7.97. The molecule has 0 aromatic carbocycles. The van der Waals surface area contributed by atoms with E-state index in [4.69, 9.17) is 0 Å². The number of carbonyl (C=O) groups excluding carboxylic acids is 1. The van der Waals surface area contributed by atoms with Crippen LogP contribution in [0.15, 0.2) is 18.6 Å². The third kappa shape index (κ3) is 3.53. The molecule has 0 unspecified atom stereocenters. The van der Waals surface area contributed by atoms with Gasteiger partial charge in [-0.3, -0.25) is 14.9 Å². The van der Waals surface area contributed by atoms with Crippen molar-refractivity contribution < 1.29 is 9.90 Å². The van der Waals surface area contributed by atoms with Gasteiger partial charge in [-0.1, -0.05) is 0 Å². The highest BCUT2D eigenvalue weighted by molar-refractivity contribution is 5.79. The second-order valence-electron chi connectivity index (χ2n) is 6.33. The van der Waals surface area contributed by atoms with E-state index in [1.54, 1.807) is 18.6 Å². The molecular weight excluding hydrogens is 308 g/mol. The number of carbonyl (C=O) groups is 1. The summed E-state index contributed by atoms with van der Waals surface area (Å²) in [7, 11) is 0. The van der Waals surface area contributed by atoms with Gasteiger partial charge in [-0.2, -0.15) is 5.10 Å². The quantitative estimate of drug-likeness (QED) is 0.719. The standard InChI is InChI=1S/C16H22N6O2/c1-11-13(12(2)21-20-11)7-15(23)19-9-16(24)3-6-22(10-16)14-8-17-4-5-18-14/h4-5,8,24H,3,6-7,9-10H2,1-2H3,(H,19,23)(H,20,21)/t16-/m0/s1. The van der Waals surface area contributed by atoms with Crippen molar-refractivity contribution in [2.45, 2.75) is 32.3 Å². The van der Waals surface area contributed by atoms with Gasteiger partial charge in [-0.25, -0.2) is 4.98 Å². The zero-order chi connectivity index (χ0) is 17.2. The molecule has 3 heterocycles. The van der Waals surface area contributed by atoms with Crippen molar-refractivity contribution in [3.05, 3.63) is 35.5 Å². The van der Waals surface area contributed by atoms with E-state index in [9.17, 15) is 9.90 Å². The molecule has 1 amide bonds. The maximum atomic E-state index is 12.2. The van der Waals surface area contributed by atoms with Gasteiger partial charge in [0.15, 0.2) is 0 Å². The predicted octanol–water partition coefficient (Wildman–Crippen LogP) is 0.117. The van der Waals surface area contributed by atoms with E-state index in [-0.39, 0.29) is 18.9 Å². The third-order valence-electron chi connectivity index (χ3n) is 4.44. The number of aryl methyl sites for hydroxylation is 2. The molecule has 8 heteroatoms. The minimum atomic E-state index is -0.951. The predicted molar refractivity (Wildman–Crippen MR) is 88.6 cm³/mol. The number of hydrogen-bond acceptors (Lipinski definition) is 6. The van der Waals surface area contributed by atoms with Crippen LogP contribution in [0.4, 0.5) is 5.82 Å². The fourth-order valence-corrected chi connectivity index (χ4v) is 2.97. The smallest absolute Gasteiger partial charge is 0.224 e. The van der Waals surface area contributed by atoms with Gasteiger partial charge in [-0.05, 0) is 20.3 Å². The van der Waals surface area contributed by atoms with Gasteiger partial charge in [0.1, 0.15) is 11.4 Å². The molecule has 0 spiro atoms. The summed E-state index contributed by atoms with van der Waals surface area (Å²) in [5, 5.41) is 20.5. The summed E-state index contributed by atoms with van der Waals surface area (Å²) in [6.45, 7) is 5.10. The molecule has 1 aliphatic heterocycles. The summed E-state index contributed by atoms with van der Waals surface area (Å²) in [4.78, 5) is 22.4. The fourth-order valence-electron chi connectivity index (χ4n) is 2.97.